The number of nitrogens with one attached hydrogen (secondary N) is 2. The minimum Gasteiger partial charge on any atom is -0.382 e. The Morgan fingerprint density at radius 1 is 0.939 bits per heavy atom. The fourth-order valence-electron chi connectivity index (χ4n) is 4.46. The summed E-state index contributed by atoms with van der Waals surface area (Å²) in [5.41, 5.74) is -0.260. The Hall–Kier alpha value is -3.13. The van der Waals surface area contributed by atoms with Gasteiger partial charge in [-0.15, -0.1) is 0 Å². The molecule has 1 aromatic carbocycles. The van der Waals surface area contributed by atoms with Crippen LogP contribution in [0, 0.1) is 0 Å². The zero-order valence-electron chi connectivity index (χ0n) is 17.5. The molecule has 0 bridgehead atoms. The third-order valence-corrected chi connectivity index (χ3v) is 6.24. The predicted octanol–water partition coefficient (Wildman–Crippen LogP) is 6.69. The summed E-state index contributed by atoms with van der Waals surface area (Å²) in [5, 5.41) is 9.90. The molecule has 2 N–H and O–H groups in total. The number of nitrogens with zero attached hydrogens (tertiary/aromatic N) is 3. The Kier molecular flexibility index (Phi) is 5.70. The quantitative estimate of drug-likeness (QED) is 0.347. The van der Waals surface area contributed by atoms with Crippen molar-refractivity contribution in [3.63, 3.8) is 0 Å². The van der Waals surface area contributed by atoms with Crippen LogP contribution >= 0.6 is 11.6 Å². The fraction of sp³-hybridized carbons (Fsp3) is 0.292. The van der Waals surface area contributed by atoms with Crippen molar-refractivity contribution in [1.82, 2.24) is 15.0 Å². The second-order valence-electron chi connectivity index (χ2n) is 8.32. The topological polar surface area (TPSA) is 62.7 Å². The highest BCUT2D eigenvalue weighted by molar-refractivity contribution is 6.31. The summed E-state index contributed by atoms with van der Waals surface area (Å²) in [6.07, 6.45) is 4.25. The first-order valence-electron chi connectivity index (χ1n) is 10.8. The van der Waals surface area contributed by atoms with Crippen LogP contribution < -0.4 is 10.6 Å². The molecule has 1 saturated carbocycles. The molecule has 4 aromatic rings. The number of alkyl halides is 3. The van der Waals surface area contributed by atoms with Crippen molar-refractivity contribution in [1.29, 1.82) is 0 Å². The van der Waals surface area contributed by atoms with Crippen LogP contribution in [0.2, 0.25) is 5.02 Å². The molecule has 1 aliphatic carbocycles. The highest BCUT2D eigenvalue weighted by Crippen LogP contribution is 2.35. The van der Waals surface area contributed by atoms with Crippen molar-refractivity contribution >= 4 is 44.8 Å². The van der Waals surface area contributed by atoms with E-state index in [9.17, 15) is 13.2 Å². The molecule has 0 aliphatic heterocycles. The number of fused-ring (bicyclic) bond motifs is 2. The molecule has 1 aliphatic rings. The van der Waals surface area contributed by atoms with Gasteiger partial charge in [0.1, 0.15) is 11.5 Å². The van der Waals surface area contributed by atoms with Crippen molar-refractivity contribution in [2.45, 2.75) is 43.9 Å². The number of aromatic nitrogens is 3. The molecule has 0 saturated heterocycles. The van der Waals surface area contributed by atoms with Crippen LogP contribution in [0.3, 0.4) is 0 Å². The summed E-state index contributed by atoms with van der Waals surface area (Å²) in [6.45, 7) is 0. The number of hydrogen-bond donors (Lipinski definition) is 2. The minimum atomic E-state index is -4.53. The standard InChI is InChI=1S/C24H21ClF3N5/c25-15-4-5-20-19(10-15)21(12-22(33-20)24(26,27)28)31-16-2-1-3-17(11-16)32-23-18-7-8-29-13-14(18)6-9-30-23/h4-10,12-13,16-17H,1-3,11H2,(H,30,32)(H,31,33)/t16-,17+/m0/s1. The number of anilines is 2. The first-order chi connectivity index (χ1) is 15.9. The SMILES string of the molecule is FC(F)(F)c1cc(N[C@H]2CCC[C@@H](Nc3nccc4cnccc34)C2)c2cc(Cl)ccc2n1. The number of rotatable bonds is 4. The van der Waals surface area contributed by atoms with E-state index < -0.39 is 11.9 Å². The smallest absolute Gasteiger partial charge is 0.382 e. The van der Waals surface area contributed by atoms with Crippen LogP contribution in [-0.4, -0.2) is 27.0 Å². The van der Waals surface area contributed by atoms with Gasteiger partial charge in [-0.05, 0) is 62.1 Å². The van der Waals surface area contributed by atoms with Gasteiger partial charge in [0.25, 0.3) is 0 Å². The highest BCUT2D eigenvalue weighted by Gasteiger charge is 2.34. The van der Waals surface area contributed by atoms with Gasteiger partial charge in [-0.25, -0.2) is 9.97 Å². The summed E-state index contributed by atoms with van der Waals surface area (Å²) in [4.78, 5) is 12.4. The van der Waals surface area contributed by atoms with Crippen molar-refractivity contribution < 1.29 is 13.2 Å². The normalized spacial score (nSPS) is 19.0. The molecular formula is C24H21ClF3N5. The average Bonchev–Trinajstić information content (AvgIpc) is 2.79. The van der Waals surface area contributed by atoms with E-state index in [0.29, 0.717) is 16.1 Å². The third kappa shape index (κ3) is 4.66. The summed E-state index contributed by atoms with van der Waals surface area (Å²) >= 11 is 6.13. The molecule has 0 spiro atoms. The maximum atomic E-state index is 13.4. The molecule has 0 radical (unpaired) electrons. The van der Waals surface area contributed by atoms with E-state index in [-0.39, 0.29) is 17.6 Å². The van der Waals surface area contributed by atoms with E-state index in [1.54, 1.807) is 30.7 Å². The van der Waals surface area contributed by atoms with E-state index in [1.807, 2.05) is 12.1 Å². The molecule has 5 nitrogen and oxygen atoms in total. The van der Waals surface area contributed by atoms with Gasteiger partial charge in [-0.2, -0.15) is 13.2 Å². The summed E-state index contributed by atoms with van der Waals surface area (Å²) < 4.78 is 40.3. The van der Waals surface area contributed by atoms with E-state index in [0.717, 1.165) is 48.3 Å². The highest BCUT2D eigenvalue weighted by atomic mass is 35.5. The molecule has 170 valence electrons. The molecule has 1 fully saturated rings. The summed E-state index contributed by atoms with van der Waals surface area (Å²) in [5.74, 6) is 0.793. The number of pyridine rings is 3. The lowest BCUT2D eigenvalue weighted by Gasteiger charge is -2.32. The Morgan fingerprint density at radius 3 is 2.58 bits per heavy atom. The zero-order valence-corrected chi connectivity index (χ0v) is 18.3. The predicted molar refractivity (Wildman–Crippen MR) is 125 cm³/mol. The molecule has 5 rings (SSSR count). The van der Waals surface area contributed by atoms with Crippen LogP contribution in [0.1, 0.15) is 31.4 Å². The Bertz CT molecular complexity index is 1310. The lowest BCUT2D eigenvalue weighted by Crippen LogP contribution is -2.34. The van der Waals surface area contributed by atoms with Crippen molar-refractivity contribution in [3.05, 3.63) is 65.7 Å². The lowest BCUT2D eigenvalue weighted by atomic mass is 9.90. The van der Waals surface area contributed by atoms with Gasteiger partial charge in [0, 0.05) is 57.5 Å². The summed E-state index contributed by atoms with van der Waals surface area (Å²) in [6, 6.07) is 9.78. The Labute approximate surface area is 193 Å². The molecule has 3 heterocycles. The number of halogens is 4. The van der Waals surface area contributed by atoms with Crippen molar-refractivity contribution in [2.75, 3.05) is 10.6 Å². The maximum absolute atomic E-state index is 13.4. The molecular weight excluding hydrogens is 451 g/mol. The van der Waals surface area contributed by atoms with E-state index in [1.165, 1.54) is 6.07 Å². The third-order valence-electron chi connectivity index (χ3n) is 6.00. The van der Waals surface area contributed by atoms with Gasteiger partial charge >= 0.3 is 6.18 Å². The molecule has 0 unspecified atom stereocenters. The fourth-order valence-corrected chi connectivity index (χ4v) is 4.63. The molecule has 0 amide bonds. The molecule has 2 atom stereocenters. The first-order valence-corrected chi connectivity index (χ1v) is 11.1. The second-order valence-corrected chi connectivity index (χ2v) is 8.76. The van der Waals surface area contributed by atoms with Crippen LogP contribution in [0.5, 0.6) is 0 Å². The lowest BCUT2D eigenvalue weighted by molar-refractivity contribution is -0.140. The van der Waals surface area contributed by atoms with Gasteiger partial charge < -0.3 is 10.6 Å². The second kappa shape index (κ2) is 8.67. The maximum Gasteiger partial charge on any atom is 0.433 e. The van der Waals surface area contributed by atoms with Crippen LogP contribution in [0.25, 0.3) is 21.7 Å². The van der Waals surface area contributed by atoms with Crippen molar-refractivity contribution in [3.8, 4) is 0 Å². The largest absolute Gasteiger partial charge is 0.433 e. The summed E-state index contributed by atoms with van der Waals surface area (Å²) in [7, 11) is 0. The van der Waals surface area contributed by atoms with Crippen LogP contribution in [0.15, 0.2) is 55.0 Å². The Morgan fingerprint density at radius 2 is 1.76 bits per heavy atom. The number of benzene rings is 1. The average molecular weight is 472 g/mol. The Balaban J connectivity index is 1.40. The van der Waals surface area contributed by atoms with E-state index in [4.69, 9.17) is 11.6 Å². The molecule has 33 heavy (non-hydrogen) atoms. The van der Waals surface area contributed by atoms with Crippen LogP contribution in [0.4, 0.5) is 24.7 Å². The van der Waals surface area contributed by atoms with E-state index in [2.05, 4.69) is 25.6 Å². The monoisotopic (exact) mass is 471 g/mol. The van der Waals surface area contributed by atoms with Gasteiger partial charge in [-0.1, -0.05) is 11.6 Å². The zero-order chi connectivity index (χ0) is 23.0. The van der Waals surface area contributed by atoms with E-state index >= 15 is 0 Å². The first kappa shape index (κ1) is 21.7. The number of hydrogen-bond acceptors (Lipinski definition) is 5. The van der Waals surface area contributed by atoms with Crippen LogP contribution in [-0.2, 0) is 6.18 Å². The van der Waals surface area contributed by atoms with Gasteiger partial charge in [-0.3, -0.25) is 4.98 Å². The van der Waals surface area contributed by atoms with Gasteiger partial charge in [0.15, 0.2) is 0 Å². The minimum absolute atomic E-state index is 0.00133. The van der Waals surface area contributed by atoms with Crippen molar-refractivity contribution in [2.24, 2.45) is 0 Å². The molecule has 9 heteroatoms. The van der Waals surface area contributed by atoms with Gasteiger partial charge in [0.05, 0.1) is 5.52 Å². The van der Waals surface area contributed by atoms with Gasteiger partial charge in [0.2, 0.25) is 0 Å². The molecule has 3 aromatic heterocycles.